The number of nitrogens with zero attached hydrogens (tertiary/aromatic N) is 1. The van der Waals surface area contributed by atoms with Gasteiger partial charge in [-0.1, -0.05) is 18.7 Å². The van der Waals surface area contributed by atoms with Crippen LogP contribution in [0.5, 0.6) is 0 Å². The van der Waals surface area contributed by atoms with Crippen LogP contribution in [0.4, 0.5) is 0 Å². The Kier molecular flexibility index (Phi) is 2.46. The van der Waals surface area contributed by atoms with E-state index in [9.17, 15) is 8.42 Å². The predicted octanol–water partition coefficient (Wildman–Crippen LogP) is 0.722. The van der Waals surface area contributed by atoms with Crippen LogP contribution in [0.3, 0.4) is 0 Å². The molecule has 0 saturated heterocycles. The van der Waals surface area contributed by atoms with E-state index in [0.29, 0.717) is 13.1 Å². The lowest BCUT2D eigenvalue weighted by atomic mass is 10.3. The van der Waals surface area contributed by atoms with Gasteiger partial charge in [-0.05, 0) is 6.42 Å². The molecule has 1 rings (SSSR count). The fraction of sp³-hybridized carbons (Fsp3) is 0.429. The summed E-state index contributed by atoms with van der Waals surface area (Å²) in [5.74, 6) is 0. The van der Waals surface area contributed by atoms with E-state index in [1.165, 1.54) is 4.31 Å². The van der Waals surface area contributed by atoms with Gasteiger partial charge in [0.1, 0.15) is 0 Å². The lowest BCUT2D eigenvalue weighted by Gasteiger charge is -2.20. The van der Waals surface area contributed by atoms with Crippen LogP contribution in [0.25, 0.3) is 0 Å². The molecule has 0 unspecified atom stereocenters. The molecule has 0 spiro atoms. The number of hydrogen-bond acceptors (Lipinski definition) is 2. The Hall–Kier alpha value is -0.610. The van der Waals surface area contributed by atoms with Crippen molar-refractivity contribution in [1.29, 1.82) is 0 Å². The molecular formula is C7H11NO2S. The molecule has 0 aromatic heterocycles. The van der Waals surface area contributed by atoms with Crippen LogP contribution in [0.2, 0.25) is 0 Å². The molecule has 0 radical (unpaired) electrons. The minimum absolute atomic E-state index is 0.481. The Labute approximate surface area is 67.1 Å². The highest BCUT2D eigenvalue weighted by Gasteiger charge is 2.17. The largest absolute Gasteiger partial charge is 0.235 e. The smallest absolute Gasteiger partial charge is 0.208 e. The van der Waals surface area contributed by atoms with E-state index in [1.54, 1.807) is 0 Å². The van der Waals surface area contributed by atoms with E-state index >= 15 is 0 Å². The van der Waals surface area contributed by atoms with Crippen molar-refractivity contribution in [3.8, 4) is 0 Å². The molecule has 0 N–H and O–H groups in total. The van der Waals surface area contributed by atoms with Crippen molar-refractivity contribution >= 4 is 10.0 Å². The van der Waals surface area contributed by atoms with Crippen LogP contribution in [0, 0.1) is 0 Å². The van der Waals surface area contributed by atoms with Crippen molar-refractivity contribution in [2.45, 2.75) is 6.42 Å². The maximum atomic E-state index is 11.1. The van der Waals surface area contributed by atoms with Crippen LogP contribution in [-0.2, 0) is 10.0 Å². The second-order valence-electron chi connectivity index (χ2n) is 2.33. The predicted molar refractivity (Wildman–Crippen MR) is 44.4 cm³/mol. The molecule has 11 heavy (non-hydrogen) atoms. The zero-order chi connectivity index (χ0) is 8.32. The van der Waals surface area contributed by atoms with Gasteiger partial charge in [0, 0.05) is 18.5 Å². The number of rotatable bonds is 2. The normalized spacial score (nSPS) is 20.0. The van der Waals surface area contributed by atoms with E-state index in [-0.39, 0.29) is 0 Å². The van der Waals surface area contributed by atoms with Crippen LogP contribution in [0.1, 0.15) is 6.42 Å². The van der Waals surface area contributed by atoms with Gasteiger partial charge in [-0.15, -0.1) is 0 Å². The Morgan fingerprint density at radius 2 is 2.18 bits per heavy atom. The lowest BCUT2D eigenvalue weighted by molar-refractivity contribution is 0.445. The highest BCUT2D eigenvalue weighted by atomic mass is 32.2. The maximum Gasteiger partial charge on any atom is 0.235 e. The van der Waals surface area contributed by atoms with Gasteiger partial charge < -0.3 is 0 Å². The first-order valence-electron chi connectivity index (χ1n) is 3.44. The molecule has 1 aliphatic heterocycles. The van der Waals surface area contributed by atoms with Crippen molar-refractivity contribution in [2.24, 2.45) is 0 Å². The Bertz CT molecular complexity index is 266. The van der Waals surface area contributed by atoms with Crippen LogP contribution in [-0.4, -0.2) is 25.8 Å². The van der Waals surface area contributed by atoms with Gasteiger partial charge in [0.05, 0.1) is 0 Å². The van der Waals surface area contributed by atoms with Gasteiger partial charge in [0.25, 0.3) is 0 Å². The molecule has 0 aliphatic carbocycles. The van der Waals surface area contributed by atoms with Crippen LogP contribution in [0.15, 0.2) is 24.1 Å². The molecule has 4 heteroatoms. The summed E-state index contributed by atoms with van der Waals surface area (Å²) in [4.78, 5) is 0. The van der Waals surface area contributed by atoms with Crippen LogP contribution >= 0.6 is 0 Å². The standard InChI is InChI=1S/C7H11NO2S/c1-2-11(9,10)8-6-4-3-5-7-8/h2-4H,1,5-7H2. The summed E-state index contributed by atoms with van der Waals surface area (Å²) in [7, 11) is -3.18. The Balaban J connectivity index is 2.76. The van der Waals surface area contributed by atoms with E-state index in [4.69, 9.17) is 0 Å². The molecule has 0 bridgehead atoms. The minimum Gasteiger partial charge on any atom is -0.208 e. The third kappa shape index (κ3) is 1.91. The van der Waals surface area contributed by atoms with Crippen molar-refractivity contribution in [3.05, 3.63) is 24.1 Å². The Morgan fingerprint density at radius 1 is 1.45 bits per heavy atom. The molecule has 0 fully saturated rings. The van der Waals surface area contributed by atoms with E-state index in [1.807, 2.05) is 12.2 Å². The first-order chi connectivity index (χ1) is 5.17. The summed E-state index contributed by atoms with van der Waals surface area (Å²) in [6, 6.07) is 0. The molecule has 0 aromatic carbocycles. The van der Waals surface area contributed by atoms with Gasteiger partial charge in [-0.2, -0.15) is 4.31 Å². The van der Waals surface area contributed by atoms with Gasteiger partial charge in [0.15, 0.2) is 0 Å². The van der Waals surface area contributed by atoms with Crippen molar-refractivity contribution in [1.82, 2.24) is 4.31 Å². The van der Waals surface area contributed by atoms with Crippen molar-refractivity contribution in [3.63, 3.8) is 0 Å². The second-order valence-corrected chi connectivity index (χ2v) is 4.21. The minimum atomic E-state index is -3.18. The topological polar surface area (TPSA) is 37.4 Å². The second kappa shape index (κ2) is 3.19. The molecule has 1 aliphatic rings. The molecule has 0 amide bonds. The van der Waals surface area contributed by atoms with E-state index in [2.05, 4.69) is 6.58 Å². The van der Waals surface area contributed by atoms with Gasteiger partial charge >= 0.3 is 0 Å². The zero-order valence-corrected chi connectivity index (χ0v) is 7.05. The fourth-order valence-electron chi connectivity index (χ4n) is 0.956. The molecular weight excluding hydrogens is 162 g/mol. The zero-order valence-electron chi connectivity index (χ0n) is 6.23. The van der Waals surface area contributed by atoms with Gasteiger partial charge in [0.2, 0.25) is 10.0 Å². The fourth-order valence-corrected chi connectivity index (χ4v) is 1.82. The molecule has 62 valence electrons. The maximum absolute atomic E-state index is 11.1. The monoisotopic (exact) mass is 173 g/mol. The van der Waals surface area contributed by atoms with Crippen molar-refractivity contribution in [2.75, 3.05) is 13.1 Å². The molecule has 1 heterocycles. The first kappa shape index (κ1) is 8.49. The molecule has 0 aromatic rings. The highest BCUT2D eigenvalue weighted by Crippen LogP contribution is 2.07. The van der Waals surface area contributed by atoms with E-state index < -0.39 is 10.0 Å². The number of hydrogen-bond donors (Lipinski definition) is 0. The van der Waals surface area contributed by atoms with Gasteiger partial charge in [-0.25, -0.2) is 8.42 Å². The average Bonchev–Trinajstić information content (AvgIpc) is 2.06. The SMILES string of the molecule is C=CS(=O)(=O)N1CC=CCC1. The summed E-state index contributed by atoms with van der Waals surface area (Å²) in [5.41, 5.74) is 0. The van der Waals surface area contributed by atoms with Crippen LogP contribution < -0.4 is 0 Å². The van der Waals surface area contributed by atoms with E-state index in [0.717, 1.165) is 11.8 Å². The summed E-state index contributed by atoms with van der Waals surface area (Å²) in [6.45, 7) is 4.31. The third-order valence-corrected chi connectivity index (χ3v) is 3.06. The summed E-state index contributed by atoms with van der Waals surface area (Å²) < 4.78 is 23.7. The Morgan fingerprint density at radius 3 is 2.64 bits per heavy atom. The molecule has 0 atom stereocenters. The quantitative estimate of drug-likeness (QED) is 0.577. The summed E-state index contributed by atoms with van der Waals surface area (Å²) in [5, 5.41) is 0.992. The first-order valence-corrected chi connectivity index (χ1v) is 4.95. The average molecular weight is 173 g/mol. The lowest BCUT2D eigenvalue weighted by Crippen LogP contribution is -2.32. The summed E-state index contributed by atoms with van der Waals surface area (Å²) >= 11 is 0. The summed E-state index contributed by atoms with van der Waals surface area (Å²) in [6.07, 6.45) is 4.63. The molecule has 0 saturated carbocycles. The third-order valence-electron chi connectivity index (χ3n) is 1.59. The number of sulfonamides is 1. The van der Waals surface area contributed by atoms with Crippen molar-refractivity contribution < 1.29 is 8.42 Å². The van der Waals surface area contributed by atoms with Gasteiger partial charge in [-0.3, -0.25) is 0 Å². The molecule has 3 nitrogen and oxygen atoms in total. The highest BCUT2D eigenvalue weighted by molar-refractivity contribution is 7.92.